The normalized spacial score (nSPS) is 19.6. The molecule has 24 heavy (non-hydrogen) atoms. The Kier molecular flexibility index (Phi) is 5.19. The molecule has 2 aromatic rings. The monoisotopic (exact) mass is 346 g/mol. The topological polar surface area (TPSA) is 97.5 Å². The van der Waals surface area contributed by atoms with E-state index < -0.39 is 18.0 Å². The summed E-state index contributed by atoms with van der Waals surface area (Å²) in [6.07, 6.45) is 1.54. The van der Waals surface area contributed by atoms with Crippen LogP contribution in [0.3, 0.4) is 0 Å². The van der Waals surface area contributed by atoms with Crippen molar-refractivity contribution in [2.24, 2.45) is 5.73 Å². The van der Waals surface area contributed by atoms with Crippen molar-refractivity contribution in [3.8, 4) is 0 Å². The predicted octanol–water partition coefficient (Wildman–Crippen LogP) is 1.45. The first-order valence-corrected chi connectivity index (χ1v) is 8.43. The first-order valence-electron chi connectivity index (χ1n) is 7.55. The molecule has 1 fully saturated rings. The van der Waals surface area contributed by atoms with Crippen LogP contribution < -0.4 is 11.1 Å². The number of nitrogens with zero attached hydrogens (tertiary/aromatic N) is 2. The number of imide groups is 1. The zero-order valence-electron chi connectivity index (χ0n) is 12.9. The maximum Gasteiger partial charge on any atom is 0.318 e. The Labute approximate surface area is 143 Å². The van der Waals surface area contributed by atoms with Gasteiger partial charge in [-0.1, -0.05) is 30.3 Å². The number of amides is 3. The van der Waals surface area contributed by atoms with Crippen molar-refractivity contribution in [2.45, 2.75) is 12.1 Å². The van der Waals surface area contributed by atoms with Gasteiger partial charge in [0.15, 0.2) is 0 Å². The summed E-state index contributed by atoms with van der Waals surface area (Å²) in [5.41, 5.74) is 5.92. The first kappa shape index (κ1) is 16.6. The van der Waals surface area contributed by atoms with Crippen LogP contribution in [0.25, 0.3) is 0 Å². The lowest BCUT2D eigenvalue weighted by Crippen LogP contribution is -2.48. The van der Waals surface area contributed by atoms with Gasteiger partial charge >= 0.3 is 6.03 Å². The van der Waals surface area contributed by atoms with Crippen molar-refractivity contribution in [1.29, 1.82) is 0 Å². The van der Waals surface area contributed by atoms with Crippen LogP contribution >= 0.6 is 11.3 Å². The van der Waals surface area contributed by atoms with Crippen molar-refractivity contribution in [3.63, 3.8) is 0 Å². The molecule has 0 saturated carbocycles. The van der Waals surface area contributed by atoms with Crippen LogP contribution in [0, 0.1) is 0 Å². The van der Waals surface area contributed by atoms with Crippen LogP contribution in [0.4, 0.5) is 4.79 Å². The summed E-state index contributed by atoms with van der Waals surface area (Å²) in [6.45, 7) is 1.57. The van der Waals surface area contributed by atoms with E-state index in [0.29, 0.717) is 19.7 Å². The number of hydrogen-bond acceptors (Lipinski definition) is 6. The molecule has 3 rings (SSSR count). The number of benzene rings is 1. The lowest BCUT2D eigenvalue weighted by Gasteiger charge is -2.36. The molecule has 0 spiro atoms. The third kappa shape index (κ3) is 3.78. The first-order chi connectivity index (χ1) is 11.6. The van der Waals surface area contributed by atoms with Crippen molar-refractivity contribution in [3.05, 3.63) is 52.5 Å². The number of urea groups is 1. The fourth-order valence-corrected chi connectivity index (χ4v) is 3.48. The van der Waals surface area contributed by atoms with Crippen LogP contribution in [-0.2, 0) is 9.53 Å². The number of nitrogens with two attached hydrogens (primary N) is 1. The van der Waals surface area contributed by atoms with Gasteiger partial charge in [0.25, 0.3) is 0 Å². The highest BCUT2D eigenvalue weighted by Gasteiger charge is 2.33. The molecule has 1 aliphatic heterocycles. The zero-order valence-corrected chi connectivity index (χ0v) is 13.7. The molecule has 8 heteroatoms. The van der Waals surface area contributed by atoms with Crippen LogP contribution in [0.5, 0.6) is 0 Å². The molecular weight excluding hydrogens is 328 g/mol. The second-order valence-corrected chi connectivity index (χ2v) is 6.32. The maximum absolute atomic E-state index is 12.5. The third-order valence-electron chi connectivity index (χ3n) is 3.80. The van der Waals surface area contributed by atoms with E-state index in [1.165, 1.54) is 11.3 Å². The van der Waals surface area contributed by atoms with Crippen molar-refractivity contribution in [2.75, 3.05) is 19.7 Å². The Morgan fingerprint density at radius 3 is 2.83 bits per heavy atom. The lowest BCUT2D eigenvalue weighted by atomic mass is 10.0. The molecule has 3 N–H and O–H groups in total. The molecule has 126 valence electrons. The number of morpholine rings is 1. The molecule has 2 heterocycles. The molecule has 0 bridgehead atoms. The molecule has 7 nitrogen and oxygen atoms in total. The number of ether oxygens (including phenoxy) is 1. The van der Waals surface area contributed by atoms with E-state index in [1.54, 1.807) is 6.20 Å². The summed E-state index contributed by atoms with van der Waals surface area (Å²) >= 11 is 1.52. The summed E-state index contributed by atoms with van der Waals surface area (Å²) in [6, 6.07) is 7.86. The van der Waals surface area contributed by atoms with Crippen molar-refractivity contribution >= 4 is 23.3 Å². The summed E-state index contributed by atoms with van der Waals surface area (Å²) in [5.74, 6) is -0.437. The van der Waals surface area contributed by atoms with Crippen molar-refractivity contribution < 1.29 is 14.3 Å². The minimum atomic E-state index is -0.856. The average Bonchev–Trinajstić information content (AvgIpc) is 3.10. The molecule has 1 aliphatic rings. The minimum absolute atomic E-state index is 0.189. The second kappa shape index (κ2) is 7.52. The number of carbonyl (C=O) groups is 2. The van der Waals surface area contributed by atoms with Gasteiger partial charge in [-0.05, 0) is 5.56 Å². The molecule has 1 aromatic carbocycles. The van der Waals surface area contributed by atoms with Gasteiger partial charge in [-0.3, -0.25) is 15.0 Å². The molecule has 2 atom stereocenters. The van der Waals surface area contributed by atoms with E-state index in [0.717, 1.165) is 10.6 Å². The fourth-order valence-electron chi connectivity index (χ4n) is 2.80. The summed E-state index contributed by atoms with van der Waals surface area (Å²) in [5, 5.41) is 4.96. The van der Waals surface area contributed by atoms with Gasteiger partial charge in [0.1, 0.15) is 17.2 Å². The van der Waals surface area contributed by atoms with Gasteiger partial charge in [-0.25, -0.2) is 9.78 Å². The van der Waals surface area contributed by atoms with E-state index in [1.807, 2.05) is 40.6 Å². The highest BCUT2D eigenvalue weighted by molar-refractivity contribution is 7.09. The largest absolute Gasteiger partial charge is 0.368 e. The Morgan fingerprint density at radius 1 is 1.38 bits per heavy atom. The van der Waals surface area contributed by atoms with Gasteiger partial charge in [-0.2, -0.15) is 0 Å². The molecule has 3 amide bonds. The Balaban J connectivity index is 1.84. The second-order valence-electron chi connectivity index (χ2n) is 5.39. The Morgan fingerprint density at radius 2 is 2.17 bits per heavy atom. The SMILES string of the molecule is NC(=O)NC(=O)[C@H](c1ccccc1)N1CCO[C@H](c2nccs2)C1. The van der Waals surface area contributed by atoms with Gasteiger partial charge in [0.2, 0.25) is 5.91 Å². The zero-order chi connectivity index (χ0) is 16.9. The smallest absolute Gasteiger partial charge is 0.318 e. The molecule has 0 radical (unpaired) electrons. The quantitative estimate of drug-likeness (QED) is 0.873. The Bertz CT molecular complexity index is 693. The third-order valence-corrected chi connectivity index (χ3v) is 4.67. The van der Waals surface area contributed by atoms with E-state index in [9.17, 15) is 9.59 Å². The molecule has 0 unspecified atom stereocenters. The number of rotatable bonds is 4. The molecular formula is C16H18N4O3S. The van der Waals surface area contributed by atoms with Gasteiger partial charge in [-0.15, -0.1) is 11.3 Å². The molecule has 1 aromatic heterocycles. The van der Waals surface area contributed by atoms with Gasteiger partial charge in [0, 0.05) is 24.7 Å². The van der Waals surface area contributed by atoms with Crippen LogP contribution in [0.2, 0.25) is 0 Å². The fraction of sp³-hybridized carbons (Fsp3) is 0.312. The standard InChI is InChI=1S/C16H18N4O3S/c17-16(22)19-14(21)13(11-4-2-1-3-5-11)20-7-8-23-12(10-20)15-18-6-9-24-15/h1-6,9,12-13H,7-8,10H2,(H3,17,19,21,22)/t12-,13-/m0/s1. The van der Waals surface area contributed by atoms with E-state index in [2.05, 4.69) is 10.3 Å². The highest BCUT2D eigenvalue weighted by Crippen LogP contribution is 2.29. The van der Waals surface area contributed by atoms with Gasteiger partial charge < -0.3 is 10.5 Å². The summed E-state index contributed by atoms with van der Waals surface area (Å²) < 4.78 is 5.78. The average molecular weight is 346 g/mol. The number of nitrogens with one attached hydrogen (secondary N) is 1. The summed E-state index contributed by atoms with van der Waals surface area (Å²) in [7, 11) is 0. The number of hydrogen-bond donors (Lipinski definition) is 2. The van der Waals surface area contributed by atoms with Crippen molar-refractivity contribution in [1.82, 2.24) is 15.2 Å². The lowest BCUT2D eigenvalue weighted by molar-refractivity contribution is -0.129. The van der Waals surface area contributed by atoms with E-state index >= 15 is 0 Å². The summed E-state index contributed by atoms with van der Waals surface area (Å²) in [4.78, 5) is 29.9. The van der Waals surface area contributed by atoms with Crippen LogP contribution in [-0.4, -0.2) is 41.5 Å². The van der Waals surface area contributed by atoms with E-state index in [-0.39, 0.29) is 6.10 Å². The molecule has 0 aliphatic carbocycles. The number of carbonyl (C=O) groups excluding carboxylic acids is 2. The number of thiazole rings is 1. The van der Waals surface area contributed by atoms with Crippen LogP contribution in [0.15, 0.2) is 41.9 Å². The highest BCUT2D eigenvalue weighted by atomic mass is 32.1. The van der Waals surface area contributed by atoms with Gasteiger partial charge in [0.05, 0.1) is 6.61 Å². The number of primary amides is 1. The predicted molar refractivity (Wildman–Crippen MR) is 89.3 cm³/mol. The minimum Gasteiger partial charge on any atom is -0.368 e. The molecule has 1 saturated heterocycles. The van der Waals surface area contributed by atoms with Crippen LogP contribution in [0.1, 0.15) is 22.7 Å². The maximum atomic E-state index is 12.5. The number of aromatic nitrogens is 1. The Hall–Kier alpha value is -2.29. The van der Waals surface area contributed by atoms with E-state index in [4.69, 9.17) is 10.5 Å².